The predicted molar refractivity (Wildman–Crippen MR) is 71.1 cm³/mol. The minimum atomic E-state index is 0.158. The van der Waals surface area contributed by atoms with E-state index >= 15 is 0 Å². The molecule has 0 radical (unpaired) electrons. The van der Waals surface area contributed by atoms with Crippen molar-refractivity contribution in [1.29, 1.82) is 0 Å². The molecule has 0 fully saturated rings. The van der Waals surface area contributed by atoms with Gasteiger partial charge in [-0.05, 0) is 74.2 Å². The van der Waals surface area contributed by atoms with Crippen LogP contribution in [0.15, 0.2) is 8.95 Å². The van der Waals surface area contributed by atoms with Crippen molar-refractivity contribution in [2.45, 2.75) is 32.6 Å². The molecule has 0 aliphatic heterocycles. The van der Waals surface area contributed by atoms with E-state index in [0.29, 0.717) is 5.78 Å². The fourth-order valence-electron chi connectivity index (χ4n) is 2.97. The zero-order valence-electron chi connectivity index (χ0n) is 9.07. The topological polar surface area (TPSA) is 17.1 Å². The number of carbonyl (C=O) groups excluding carboxylic acids is 1. The molecule has 1 aromatic carbocycles. The Morgan fingerprint density at radius 3 is 2.50 bits per heavy atom. The van der Waals surface area contributed by atoms with Gasteiger partial charge in [0.2, 0.25) is 0 Å². The summed E-state index contributed by atoms with van der Waals surface area (Å²) < 4.78 is 2.10. The van der Waals surface area contributed by atoms with Crippen molar-refractivity contribution in [3.8, 4) is 0 Å². The number of fused-ring (bicyclic) bond motifs is 3. The van der Waals surface area contributed by atoms with Crippen LogP contribution in [-0.4, -0.2) is 5.78 Å². The van der Waals surface area contributed by atoms with Crippen LogP contribution in [0.5, 0.6) is 0 Å². The molecule has 1 aromatic rings. The van der Waals surface area contributed by atoms with Crippen LogP contribution in [0.3, 0.4) is 0 Å². The highest BCUT2D eigenvalue weighted by atomic mass is 79.9. The molecule has 0 saturated carbocycles. The van der Waals surface area contributed by atoms with Crippen LogP contribution in [0.4, 0.5) is 0 Å². The first-order chi connectivity index (χ1) is 7.61. The van der Waals surface area contributed by atoms with Gasteiger partial charge in [0.15, 0.2) is 5.78 Å². The Morgan fingerprint density at radius 1 is 1.06 bits per heavy atom. The number of hydrogen-bond donors (Lipinski definition) is 0. The van der Waals surface area contributed by atoms with Crippen LogP contribution in [0.2, 0.25) is 0 Å². The Hall–Kier alpha value is -0.150. The Balaban J connectivity index is 2.35. The van der Waals surface area contributed by atoms with E-state index in [9.17, 15) is 4.79 Å². The Labute approximate surface area is 112 Å². The Bertz CT molecular complexity index is 505. The first-order valence-electron chi connectivity index (χ1n) is 5.67. The van der Waals surface area contributed by atoms with Crippen molar-refractivity contribution < 1.29 is 4.79 Å². The molecule has 0 spiro atoms. The molecular weight excluding hydrogens is 332 g/mol. The van der Waals surface area contributed by atoms with Crippen molar-refractivity contribution in [2.24, 2.45) is 5.92 Å². The fourth-order valence-corrected chi connectivity index (χ4v) is 4.28. The molecule has 1 atom stereocenters. The van der Waals surface area contributed by atoms with Crippen LogP contribution >= 0.6 is 31.9 Å². The first-order valence-corrected chi connectivity index (χ1v) is 7.25. The van der Waals surface area contributed by atoms with Gasteiger partial charge in [-0.25, -0.2) is 0 Å². The van der Waals surface area contributed by atoms with Crippen LogP contribution in [-0.2, 0) is 19.3 Å². The lowest BCUT2D eigenvalue weighted by Crippen LogP contribution is -2.04. The van der Waals surface area contributed by atoms with Crippen molar-refractivity contribution in [2.75, 3.05) is 0 Å². The van der Waals surface area contributed by atoms with E-state index in [0.717, 1.165) is 33.8 Å². The van der Waals surface area contributed by atoms with Gasteiger partial charge in [-0.2, -0.15) is 0 Å². The molecule has 0 saturated heterocycles. The van der Waals surface area contributed by atoms with E-state index in [1.54, 1.807) is 0 Å². The fraction of sp³-hybridized carbons (Fsp3) is 0.462. The number of rotatable bonds is 0. The van der Waals surface area contributed by atoms with E-state index in [-0.39, 0.29) is 5.92 Å². The van der Waals surface area contributed by atoms with Gasteiger partial charge in [0, 0.05) is 20.4 Å². The number of hydrogen-bond acceptors (Lipinski definition) is 1. The number of Topliss-reactive ketones (excluding diaryl/α,β-unsaturated/α-hetero) is 1. The molecule has 0 amide bonds. The Morgan fingerprint density at radius 2 is 1.75 bits per heavy atom. The number of halogens is 2. The summed E-state index contributed by atoms with van der Waals surface area (Å²) in [6.45, 7) is 2.03. The summed E-state index contributed by atoms with van der Waals surface area (Å²) >= 11 is 7.22. The second-order valence-corrected chi connectivity index (χ2v) is 6.35. The van der Waals surface area contributed by atoms with E-state index < -0.39 is 0 Å². The third kappa shape index (κ3) is 1.31. The molecule has 2 aliphatic carbocycles. The second kappa shape index (κ2) is 3.67. The molecule has 0 heterocycles. The van der Waals surface area contributed by atoms with Crippen LogP contribution < -0.4 is 0 Å². The maximum atomic E-state index is 12.1. The monoisotopic (exact) mass is 342 g/mol. The summed E-state index contributed by atoms with van der Waals surface area (Å²) in [6, 6.07) is 0. The van der Waals surface area contributed by atoms with E-state index in [1.165, 1.54) is 23.1 Å². The third-order valence-electron chi connectivity index (χ3n) is 3.77. The highest BCUT2D eigenvalue weighted by molar-refractivity contribution is 9.13. The van der Waals surface area contributed by atoms with Gasteiger partial charge in [-0.15, -0.1) is 0 Å². The highest BCUT2D eigenvalue weighted by Gasteiger charge is 2.35. The largest absolute Gasteiger partial charge is 0.294 e. The van der Waals surface area contributed by atoms with Crippen molar-refractivity contribution in [3.05, 3.63) is 31.2 Å². The quantitative estimate of drug-likeness (QED) is 0.693. The number of ketones is 1. The zero-order valence-corrected chi connectivity index (χ0v) is 12.2. The highest BCUT2D eigenvalue weighted by Crippen LogP contribution is 2.44. The maximum Gasteiger partial charge on any atom is 0.167 e. The molecule has 16 heavy (non-hydrogen) atoms. The summed E-state index contributed by atoms with van der Waals surface area (Å²) in [6.07, 6.45) is 4.44. The Kier molecular flexibility index (Phi) is 2.52. The molecule has 3 heteroatoms. The smallest absolute Gasteiger partial charge is 0.167 e. The standard InChI is InChI=1S/C13H12Br2O/c1-6-5-9-7-3-2-4-8(7)11(14)12(15)10(9)13(6)16/h6H,2-5H2,1H3. The van der Waals surface area contributed by atoms with Gasteiger partial charge < -0.3 is 0 Å². The van der Waals surface area contributed by atoms with Crippen molar-refractivity contribution in [1.82, 2.24) is 0 Å². The summed E-state index contributed by atoms with van der Waals surface area (Å²) in [4.78, 5) is 12.1. The van der Waals surface area contributed by atoms with Crippen molar-refractivity contribution in [3.63, 3.8) is 0 Å². The van der Waals surface area contributed by atoms with Crippen LogP contribution in [0.1, 0.15) is 40.4 Å². The molecule has 0 bridgehead atoms. The molecule has 0 N–H and O–H groups in total. The first kappa shape index (κ1) is 11.0. The lowest BCUT2D eigenvalue weighted by molar-refractivity contribution is 0.0945. The van der Waals surface area contributed by atoms with Crippen LogP contribution in [0, 0.1) is 5.92 Å². The molecular formula is C13H12Br2O. The van der Waals surface area contributed by atoms with E-state index in [1.807, 2.05) is 6.92 Å². The maximum absolute atomic E-state index is 12.1. The minimum absolute atomic E-state index is 0.158. The zero-order chi connectivity index (χ0) is 11.4. The van der Waals surface area contributed by atoms with Gasteiger partial charge in [-0.1, -0.05) is 6.92 Å². The normalized spacial score (nSPS) is 22.4. The van der Waals surface area contributed by atoms with E-state index in [2.05, 4.69) is 31.9 Å². The molecule has 2 aliphatic rings. The lowest BCUT2D eigenvalue weighted by Gasteiger charge is -2.11. The predicted octanol–water partition coefficient (Wildman–Crippen LogP) is 4.08. The van der Waals surface area contributed by atoms with Gasteiger partial charge >= 0.3 is 0 Å². The summed E-state index contributed by atoms with van der Waals surface area (Å²) in [5, 5.41) is 0. The summed E-state index contributed by atoms with van der Waals surface area (Å²) in [5.41, 5.74) is 5.13. The average Bonchev–Trinajstić information content (AvgIpc) is 2.82. The van der Waals surface area contributed by atoms with E-state index in [4.69, 9.17) is 0 Å². The van der Waals surface area contributed by atoms with Gasteiger partial charge in [0.25, 0.3) is 0 Å². The number of benzene rings is 1. The SMILES string of the molecule is CC1Cc2c3c(c(Br)c(Br)c2C1=O)CCC3. The lowest BCUT2D eigenvalue weighted by atomic mass is 9.99. The average molecular weight is 344 g/mol. The minimum Gasteiger partial charge on any atom is -0.294 e. The number of carbonyl (C=O) groups is 1. The second-order valence-electron chi connectivity index (χ2n) is 4.76. The van der Waals surface area contributed by atoms with Gasteiger partial charge in [0.05, 0.1) is 0 Å². The van der Waals surface area contributed by atoms with Gasteiger partial charge in [-0.3, -0.25) is 4.79 Å². The third-order valence-corrected chi connectivity index (χ3v) is 5.97. The molecule has 84 valence electrons. The molecule has 0 aromatic heterocycles. The molecule has 3 rings (SSSR count). The summed E-state index contributed by atoms with van der Waals surface area (Å²) in [7, 11) is 0. The van der Waals surface area contributed by atoms with Crippen LogP contribution in [0.25, 0.3) is 0 Å². The molecule has 1 nitrogen and oxygen atoms in total. The summed E-state index contributed by atoms with van der Waals surface area (Å²) in [5.74, 6) is 0.461. The van der Waals surface area contributed by atoms with Gasteiger partial charge in [0.1, 0.15) is 0 Å². The molecule has 1 unspecified atom stereocenters. The van der Waals surface area contributed by atoms with Crippen molar-refractivity contribution >= 4 is 37.6 Å².